The molecule has 2 saturated heterocycles. The van der Waals surface area contributed by atoms with Gasteiger partial charge >= 0.3 is 0 Å². The zero-order valence-electron chi connectivity index (χ0n) is 15.9. The van der Waals surface area contributed by atoms with E-state index in [1.54, 1.807) is 7.11 Å². The zero-order chi connectivity index (χ0) is 19.2. The first kappa shape index (κ1) is 16.6. The first-order valence-electron chi connectivity index (χ1n) is 9.98. The summed E-state index contributed by atoms with van der Waals surface area (Å²) in [4.78, 5) is 15.6. The molecular weight excluding hydrogens is 354 g/mol. The van der Waals surface area contributed by atoms with Gasteiger partial charge < -0.3 is 14.6 Å². The monoisotopic (exact) mass is 377 g/mol. The van der Waals surface area contributed by atoms with E-state index in [1.165, 1.54) is 0 Å². The lowest BCUT2D eigenvalue weighted by Gasteiger charge is -2.39. The molecule has 7 unspecified atom stereocenters. The summed E-state index contributed by atoms with van der Waals surface area (Å²) < 4.78 is 12.3. The molecule has 2 saturated carbocycles. The van der Waals surface area contributed by atoms with Crippen LogP contribution < -0.4 is 9.64 Å². The molecule has 2 bridgehead atoms. The second kappa shape index (κ2) is 5.37. The van der Waals surface area contributed by atoms with Gasteiger partial charge in [-0.05, 0) is 37.3 Å². The van der Waals surface area contributed by atoms with Crippen molar-refractivity contribution in [2.75, 3.05) is 12.0 Å². The molecule has 0 spiro atoms. The van der Waals surface area contributed by atoms with Crippen LogP contribution in [0, 0.1) is 30.6 Å². The van der Waals surface area contributed by atoms with E-state index in [2.05, 4.69) is 31.2 Å². The number of aryl methyl sites for hydroxylation is 1. The number of rotatable bonds is 3. The van der Waals surface area contributed by atoms with Crippen molar-refractivity contribution in [1.82, 2.24) is 0 Å². The number of carbonyl (C=O) groups is 1. The predicted octanol–water partition coefficient (Wildman–Crippen LogP) is 2.85. The number of methoxy groups -OCH3 is 1. The fourth-order valence-corrected chi connectivity index (χ4v) is 6.45. The lowest BCUT2D eigenvalue weighted by molar-refractivity contribution is -0.133. The number of ether oxygens (including phenoxy) is 2. The molecule has 2 aliphatic heterocycles. The van der Waals surface area contributed by atoms with Gasteiger partial charge in [0.1, 0.15) is 5.75 Å². The van der Waals surface area contributed by atoms with Gasteiger partial charge in [0.25, 0.3) is 0 Å². The number of nitrogens with zero attached hydrogens (tertiary/aromatic N) is 1. The number of aliphatic hydroxyl groups excluding tert-OH is 1. The third-order valence-electron chi connectivity index (χ3n) is 7.45. The quantitative estimate of drug-likeness (QED) is 0.894. The van der Waals surface area contributed by atoms with Gasteiger partial charge in [-0.2, -0.15) is 0 Å². The van der Waals surface area contributed by atoms with E-state index in [9.17, 15) is 9.90 Å². The molecule has 2 aliphatic carbocycles. The van der Waals surface area contributed by atoms with Crippen molar-refractivity contribution in [3.63, 3.8) is 0 Å². The third kappa shape index (κ3) is 1.73. The number of hydrogen-bond acceptors (Lipinski definition) is 4. The molecule has 5 nitrogen and oxygen atoms in total. The van der Waals surface area contributed by atoms with Gasteiger partial charge in [0, 0.05) is 11.5 Å². The molecule has 4 aliphatic rings. The molecule has 2 aromatic rings. The molecule has 0 radical (unpaired) electrons. The minimum absolute atomic E-state index is 0.0143. The number of para-hydroxylation sites is 2. The Hall–Kier alpha value is -2.37. The number of amides is 1. The predicted molar refractivity (Wildman–Crippen MR) is 103 cm³/mol. The molecule has 7 atom stereocenters. The Labute approximate surface area is 163 Å². The average Bonchev–Trinajstić information content (AvgIpc) is 3.38. The van der Waals surface area contributed by atoms with Gasteiger partial charge in [-0.3, -0.25) is 9.69 Å². The topological polar surface area (TPSA) is 59.0 Å². The average molecular weight is 377 g/mol. The van der Waals surface area contributed by atoms with Gasteiger partial charge in [-0.15, -0.1) is 0 Å². The first-order chi connectivity index (χ1) is 13.6. The molecule has 2 heterocycles. The van der Waals surface area contributed by atoms with E-state index in [0.717, 1.165) is 23.2 Å². The minimum atomic E-state index is -0.883. The maximum atomic E-state index is 13.8. The summed E-state index contributed by atoms with van der Waals surface area (Å²) >= 11 is 0. The highest BCUT2D eigenvalue weighted by Gasteiger charge is 2.79. The van der Waals surface area contributed by atoms with Crippen LogP contribution in [0.25, 0.3) is 0 Å². The fraction of sp³-hybridized carbons (Fsp3) is 0.435. The van der Waals surface area contributed by atoms with Gasteiger partial charge in [0.2, 0.25) is 5.91 Å². The molecular formula is C23H23NO4. The van der Waals surface area contributed by atoms with Crippen molar-refractivity contribution >= 4 is 11.6 Å². The van der Waals surface area contributed by atoms with Crippen molar-refractivity contribution in [1.29, 1.82) is 0 Å². The van der Waals surface area contributed by atoms with Crippen molar-refractivity contribution in [3.05, 3.63) is 59.7 Å². The normalized spacial score (nSPS) is 39.8. The zero-order valence-corrected chi connectivity index (χ0v) is 15.9. The highest BCUT2D eigenvalue weighted by molar-refractivity contribution is 6.02. The summed E-state index contributed by atoms with van der Waals surface area (Å²) in [6.45, 7) is 2.05. The number of aliphatic hydroxyl groups is 1. The van der Waals surface area contributed by atoms with Crippen LogP contribution in [0.5, 0.6) is 5.75 Å². The van der Waals surface area contributed by atoms with Crippen LogP contribution in [0.2, 0.25) is 0 Å². The molecule has 5 heteroatoms. The van der Waals surface area contributed by atoms with Gasteiger partial charge in [0.05, 0.1) is 30.9 Å². The smallest absolute Gasteiger partial charge is 0.233 e. The van der Waals surface area contributed by atoms with Gasteiger partial charge in [-0.25, -0.2) is 0 Å². The van der Waals surface area contributed by atoms with E-state index < -0.39 is 11.8 Å². The Bertz CT molecular complexity index is 973. The van der Waals surface area contributed by atoms with E-state index in [4.69, 9.17) is 9.47 Å². The second-order valence-electron chi connectivity index (χ2n) is 8.60. The Morgan fingerprint density at radius 3 is 2.64 bits per heavy atom. The Morgan fingerprint density at radius 2 is 1.89 bits per heavy atom. The van der Waals surface area contributed by atoms with Crippen molar-refractivity contribution in [2.24, 2.45) is 23.7 Å². The Balaban J connectivity index is 1.61. The van der Waals surface area contributed by atoms with Gasteiger partial charge in [-0.1, -0.05) is 42.0 Å². The lowest BCUT2D eigenvalue weighted by Crippen LogP contribution is -2.49. The highest BCUT2D eigenvalue weighted by atomic mass is 16.6. The molecule has 2 aromatic carbocycles. The summed E-state index contributed by atoms with van der Waals surface area (Å²) in [6.07, 6.45) is 0.112. The second-order valence-corrected chi connectivity index (χ2v) is 8.60. The molecule has 0 aromatic heterocycles. The van der Waals surface area contributed by atoms with E-state index >= 15 is 0 Å². The largest absolute Gasteiger partial charge is 0.495 e. The van der Waals surface area contributed by atoms with Crippen LogP contribution in [0.4, 0.5) is 5.69 Å². The van der Waals surface area contributed by atoms with E-state index in [-0.39, 0.29) is 35.7 Å². The molecule has 4 fully saturated rings. The van der Waals surface area contributed by atoms with Crippen molar-refractivity contribution in [3.8, 4) is 5.75 Å². The Morgan fingerprint density at radius 1 is 1.14 bits per heavy atom. The number of benzene rings is 2. The molecule has 1 N–H and O–H groups in total. The Kier molecular flexibility index (Phi) is 3.18. The summed E-state index contributed by atoms with van der Waals surface area (Å²) in [5.74, 6) is 0.758. The number of carbonyl (C=O) groups excluding carboxylic acids is 1. The number of anilines is 1. The van der Waals surface area contributed by atoms with Crippen LogP contribution >= 0.6 is 0 Å². The maximum absolute atomic E-state index is 13.8. The maximum Gasteiger partial charge on any atom is 0.233 e. The van der Waals surface area contributed by atoms with E-state index in [1.807, 2.05) is 29.2 Å². The van der Waals surface area contributed by atoms with Crippen LogP contribution in [0.3, 0.4) is 0 Å². The highest BCUT2D eigenvalue weighted by Crippen LogP contribution is 2.71. The summed E-state index contributed by atoms with van der Waals surface area (Å²) in [5.41, 5.74) is 1.99. The van der Waals surface area contributed by atoms with Crippen LogP contribution in [0.1, 0.15) is 17.5 Å². The van der Waals surface area contributed by atoms with Crippen LogP contribution in [-0.4, -0.2) is 30.3 Å². The van der Waals surface area contributed by atoms with Crippen molar-refractivity contribution in [2.45, 2.75) is 31.3 Å². The van der Waals surface area contributed by atoms with E-state index in [0.29, 0.717) is 5.75 Å². The van der Waals surface area contributed by atoms with Crippen LogP contribution in [-0.2, 0) is 15.3 Å². The summed E-state index contributed by atoms with van der Waals surface area (Å²) in [5, 5.41) is 10.8. The molecule has 6 rings (SSSR count). The molecule has 144 valence electrons. The van der Waals surface area contributed by atoms with Crippen LogP contribution in [0.15, 0.2) is 48.5 Å². The summed E-state index contributed by atoms with van der Waals surface area (Å²) in [6, 6.07) is 15.9. The van der Waals surface area contributed by atoms with Gasteiger partial charge in [0.15, 0.2) is 5.72 Å². The molecule has 1 amide bonds. The van der Waals surface area contributed by atoms with Crippen molar-refractivity contribution < 1.29 is 19.4 Å². The fourth-order valence-electron chi connectivity index (χ4n) is 6.45. The lowest BCUT2D eigenvalue weighted by atomic mass is 9.75. The number of hydrogen-bond donors (Lipinski definition) is 1. The number of fused-ring (bicyclic) bond motifs is 2. The minimum Gasteiger partial charge on any atom is -0.495 e. The first-order valence-corrected chi connectivity index (χ1v) is 9.98. The summed E-state index contributed by atoms with van der Waals surface area (Å²) in [7, 11) is 1.62. The standard InChI is InChI=1S/C23H23NO4/c1-12-7-9-13(10-8-12)23-19-15-11-14(20(25)21(15)28-23)18(19)22(26)24(23)16-5-3-4-6-17(16)27-2/h3-10,14-15,18-21,25H,11H2,1-2H3. The SMILES string of the molecule is COc1ccccc1N1C(=O)C2C3CC4C(OC1(c1ccc(C)cc1)C42)C3O. The molecule has 28 heavy (non-hydrogen) atoms. The third-order valence-corrected chi connectivity index (χ3v) is 7.45.